The maximum Gasteiger partial charge on any atom is 0.0596 e. The minimum Gasteiger partial charge on any atom is -0.272 e. The summed E-state index contributed by atoms with van der Waals surface area (Å²) in [6, 6.07) is 2.08. The SMILES string of the molecule is Cc1cc(CC(C)(CCl)CCl)n(C)n1. The summed E-state index contributed by atoms with van der Waals surface area (Å²) < 4.78 is 1.90. The molecular formula is C10H16Cl2N2. The lowest BCUT2D eigenvalue weighted by Gasteiger charge is -2.23. The van der Waals surface area contributed by atoms with Crippen LogP contribution in [0.15, 0.2) is 6.07 Å². The zero-order valence-corrected chi connectivity index (χ0v) is 10.4. The van der Waals surface area contributed by atoms with Gasteiger partial charge < -0.3 is 0 Å². The van der Waals surface area contributed by atoms with E-state index in [1.165, 1.54) is 5.69 Å². The molecule has 1 aromatic rings. The molecular weight excluding hydrogens is 219 g/mol. The van der Waals surface area contributed by atoms with Crippen molar-refractivity contribution in [2.24, 2.45) is 12.5 Å². The molecule has 0 N–H and O–H groups in total. The molecule has 1 heterocycles. The minimum absolute atomic E-state index is 0.0383. The van der Waals surface area contributed by atoms with Crippen molar-refractivity contribution in [2.45, 2.75) is 20.3 Å². The molecule has 4 heteroatoms. The lowest BCUT2D eigenvalue weighted by atomic mass is 9.90. The van der Waals surface area contributed by atoms with Gasteiger partial charge in [-0.25, -0.2) is 0 Å². The Morgan fingerprint density at radius 1 is 1.43 bits per heavy atom. The molecule has 0 aromatic carbocycles. The standard InChI is InChI=1S/C10H16Cl2N2/c1-8-4-9(14(3)13-8)5-10(2,6-11)7-12/h4H,5-7H2,1-3H3. The number of hydrogen-bond donors (Lipinski definition) is 0. The van der Waals surface area contributed by atoms with E-state index in [-0.39, 0.29) is 5.41 Å². The van der Waals surface area contributed by atoms with Gasteiger partial charge in [0.25, 0.3) is 0 Å². The summed E-state index contributed by atoms with van der Waals surface area (Å²) >= 11 is 11.8. The molecule has 2 nitrogen and oxygen atoms in total. The fraction of sp³-hybridized carbons (Fsp3) is 0.700. The van der Waals surface area contributed by atoms with E-state index in [1.54, 1.807) is 0 Å². The molecule has 0 bridgehead atoms. The van der Waals surface area contributed by atoms with E-state index in [1.807, 2.05) is 18.7 Å². The van der Waals surface area contributed by atoms with Crippen LogP contribution in [0.5, 0.6) is 0 Å². The molecule has 0 radical (unpaired) electrons. The van der Waals surface area contributed by atoms with Gasteiger partial charge >= 0.3 is 0 Å². The smallest absolute Gasteiger partial charge is 0.0596 e. The quantitative estimate of drug-likeness (QED) is 0.734. The van der Waals surface area contributed by atoms with Crippen LogP contribution in [0.2, 0.25) is 0 Å². The topological polar surface area (TPSA) is 17.8 Å². The molecule has 1 aromatic heterocycles. The zero-order chi connectivity index (χ0) is 10.8. The van der Waals surface area contributed by atoms with Crippen molar-refractivity contribution in [3.05, 3.63) is 17.5 Å². The van der Waals surface area contributed by atoms with E-state index in [4.69, 9.17) is 23.2 Å². The molecule has 0 atom stereocenters. The van der Waals surface area contributed by atoms with Gasteiger partial charge in [-0.3, -0.25) is 4.68 Å². The van der Waals surface area contributed by atoms with Gasteiger partial charge in [0.05, 0.1) is 5.69 Å². The molecule has 80 valence electrons. The Labute approximate surface area is 95.2 Å². The molecule has 0 saturated heterocycles. The first kappa shape index (κ1) is 11.9. The van der Waals surface area contributed by atoms with Crippen LogP contribution < -0.4 is 0 Å². The summed E-state index contributed by atoms with van der Waals surface area (Å²) in [6.45, 7) is 4.08. The van der Waals surface area contributed by atoms with Crippen LogP contribution in [0.25, 0.3) is 0 Å². The Bertz CT molecular complexity index is 303. The van der Waals surface area contributed by atoms with Crippen molar-refractivity contribution >= 4 is 23.2 Å². The Morgan fingerprint density at radius 2 is 2.00 bits per heavy atom. The number of halogens is 2. The lowest BCUT2D eigenvalue weighted by Crippen LogP contribution is -2.25. The Hall–Kier alpha value is -0.210. The number of rotatable bonds is 4. The number of hydrogen-bond acceptors (Lipinski definition) is 1. The number of nitrogens with zero attached hydrogens (tertiary/aromatic N) is 2. The number of aromatic nitrogens is 2. The van der Waals surface area contributed by atoms with E-state index in [0.29, 0.717) is 11.8 Å². The van der Waals surface area contributed by atoms with Gasteiger partial charge in [-0.2, -0.15) is 5.10 Å². The van der Waals surface area contributed by atoms with Crippen LogP contribution >= 0.6 is 23.2 Å². The molecule has 1 rings (SSSR count). The highest BCUT2D eigenvalue weighted by molar-refractivity contribution is 6.21. The van der Waals surface area contributed by atoms with Crippen molar-refractivity contribution in [2.75, 3.05) is 11.8 Å². The van der Waals surface area contributed by atoms with Crippen molar-refractivity contribution < 1.29 is 0 Å². The summed E-state index contributed by atoms with van der Waals surface area (Å²) in [5.74, 6) is 1.14. The Balaban J connectivity index is 2.81. The Kier molecular flexibility index (Phi) is 3.85. The lowest BCUT2D eigenvalue weighted by molar-refractivity contribution is 0.411. The first-order valence-electron chi connectivity index (χ1n) is 4.62. The van der Waals surface area contributed by atoms with Gasteiger partial charge in [-0.15, -0.1) is 23.2 Å². The number of alkyl halides is 2. The predicted molar refractivity (Wildman–Crippen MR) is 61.2 cm³/mol. The van der Waals surface area contributed by atoms with Crippen LogP contribution in [0.1, 0.15) is 18.3 Å². The monoisotopic (exact) mass is 234 g/mol. The zero-order valence-electron chi connectivity index (χ0n) is 8.85. The third-order valence-corrected chi connectivity index (χ3v) is 3.64. The maximum atomic E-state index is 5.90. The van der Waals surface area contributed by atoms with Crippen molar-refractivity contribution in [1.29, 1.82) is 0 Å². The third-order valence-electron chi connectivity index (χ3n) is 2.35. The first-order valence-corrected chi connectivity index (χ1v) is 5.69. The van der Waals surface area contributed by atoms with E-state index < -0.39 is 0 Å². The fourth-order valence-corrected chi connectivity index (χ4v) is 1.87. The van der Waals surface area contributed by atoms with Crippen molar-refractivity contribution in [3.63, 3.8) is 0 Å². The van der Waals surface area contributed by atoms with E-state index in [9.17, 15) is 0 Å². The predicted octanol–water partition coefficient (Wildman–Crippen LogP) is 2.75. The van der Waals surface area contributed by atoms with Gasteiger partial charge in [0, 0.05) is 29.9 Å². The maximum absolute atomic E-state index is 5.90. The molecule has 0 unspecified atom stereocenters. The molecule has 14 heavy (non-hydrogen) atoms. The van der Waals surface area contributed by atoms with Gasteiger partial charge in [0.2, 0.25) is 0 Å². The Morgan fingerprint density at radius 3 is 2.36 bits per heavy atom. The van der Waals surface area contributed by atoms with Gasteiger partial charge in [0.15, 0.2) is 0 Å². The summed E-state index contributed by atoms with van der Waals surface area (Å²) in [7, 11) is 1.95. The second-order valence-electron chi connectivity index (χ2n) is 4.16. The highest BCUT2D eigenvalue weighted by atomic mass is 35.5. The second-order valence-corrected chi connectivity index (χ2v) is 4.69. The van der Waals surface area contributed by atoms with Crippen molar-refractivity contribution in [3.8, 4) is 0 Å². The largest absolute Gasteiger partial charge is 0.272 e. The van der Waals surface area contributed by atoms with E-state index in [2.05, 4.69) is 18.1 Å². The molecule has 0 aliphatic rings. The average Bonchev–Trinajstić information content (AvgIpc) is 2.45. The van der Waals surface area contributed by atoms with Crippen LogP contribution in [0, 0.1) is 12.3 Å². The summed E-state index contributed by atoms with van der Waals surface area (Å²) in [5.41, 5.74) is 2.18. The molecule has 0 fully saturated rings. The molecule has 0 aliphatic carbocycles. The van der Waals surface area contributed by atoms with Crippen LogP contribution in [0.4, 0.5) is 0 Å². The third kappa shape index (κ3) is 2.64. The first-order chi connectivity index (χ1) is 6.50. The van der Waals surface area contributed by atoms with Crippen LogP contribution in [-0.2, 0) is 13.5 Å². The summed E-state index contributed by atoms with van der Waals surface area (Å²) in [4.78, 5) is 0. The summed E-state index contributed by atoms with van der Waals surface area (Å²) in [5, 5.41) is 4.29. The van der Waals surface area contributed by atoms with Crippen LogP contribution in [-0.4, -0.2) is 21.5 Å². The molecule has 0 spiro atoms. The second kappa shape index (κ2) is 4.54. The highest BCUT2D eigenvalue weighted by Gasteiger charge is 2.24. The van der Waals surface area contributed by atoms with Gasteiger partial charge in [0.1, 0.15) is 0 Å². The van der Waals surface area contributed by atoms with Gasteiger partial charge in [-0.05, 0) is 19.4 Å². The molecule has 0 saturated carbocycles. The molecule has 0 aliphatic heterocycles. The van der Waals surface area contributed by atoms with E-state index >= 15 is 0 Å². The normalized spacial score (nSPS) is 12.1. The van der Waals surface area contributed by atoms with Crippen LogP contribution in [0.3, 0.4) is 0 Å². The number of aryl methyl sites for hydroxylation is 2. The highest BCUT2D eigenvalue weighted by Crippen LogP contribution is 2.25. The van der Waals surface area contributed by atoms with Gasteiger partial charge in [-0.1, -0.05) is 6.92 Å². The summed E-state index contributed by atoms with van der Waals surface area (Å²) in [6.07, 6.45) is 0.872. The van der Waals surface area contributed by atoms with E-state index in [0.717, 1.165) is 12.1 Å². The average molecular weight is 235 g/mol. The molecule has 0 amide bonds. The minimum atomic E-state index is -0.0383. The van der Waals surface area contributed by atoms with Crippen molar-refractivity contribution in [1.82, 2.24) is 9.78 Å². The fourth-order valence-electron chi connectivity index (χ4n) is 1.40.